The molecule has 5 rings (SSSR count). The quantitative estimate of drug-likeness (QED) is 0.307. The van der Waals surface area contributed by atoms with E-state index in [-0.39, 0.29) is 5.69 Å². The summed E-state index contributed by atoms with van der Waals surface area (Å²) in [5.74, 6) is 0.147. The Kier molecular flexibility index (Phi) is 5.09. The lowest BCUT2D eigenvalue weighted by molar-refractivity contribution is 0.0949. The number of nitrogens with one attached hydrogen (secondary N) is 1. The highest BCUT2D eigenvalue weighted by molar-refractivity contribution is 5.95. The molecule has 0 aliphatic heterocycles. The monoisotopic (exact) mass is 420 g/mol. The molecule has 0 fully saturated rings. The highest BCUT2D eigenvalue weighted by Gasteiger charge is 2.17. The van der Waals surface area contributed by atoms with Crippen molar-refractivity contribution in [1.82, 2.24) is 15.2 Å². The van der Waals surface area contributed by atoms with Crippen LogP contribution in [-0.4, -0.2) is 21.9 Å². The second kappa shape index (κ2) is 8.35. The molecular formula is C26H20N4O2. The zero-order chi connectivity index (χ0) is 21.9. The van der Waals surface area contributed by atoms with Crippen molar-refractivity contribution < 1.29 is 9.21 Å². The van der Waals surface area contributed by atoms with Crippen LogP contribution >= 0.6 is 0 Å². The van der Waals surface area contributed by atoms with Gasteiger partial charge in [-0.2, -0.15) is 10.2 Å². The summed E-state index contributed by atoms with van der Waals surface area (Å²) in [5, 5.41) is 10.8. The normalized spacial score (nSPS) is 11.3. The van der Waals surface area contributed by atoms with E-state index < -0.39 is 5.91 Å². The molecule has 6 heteroatoms. The molecule has 0 radical (unpaired) electrons. The highest BCUT2D eigenvalue weighted by atomic mass is 16.3. The number of aryl methyl sites for hydroxylation is 1. The standard InChI is InChI=1S/C26H20N4O2/c1-18-6-4-9-22(14-18)30-25(21-12-11-19-7-2-3-8-20(19)15-21)16-24(29-30)26(31)28-27-17-23-10-5-13-32-23/h2-17H,1H3,(H,28,31)/b27-17-. The van der Waals surface area contributed by atoms with E-state index in [2.05, 4.69) is 39.9 Å². The summed E-state index contributed by atoms with van der Waals surface area (Å²) in [6.07, 6.45) is 2.99. The molecule has 0 aliphatic rings. The van der Waals surface area contributed by atoms with Gasteiger partial charge in [0, 0.05) is 5.56 Å². The van der Waals surface area contributed by atoms with Crippen molar-refractivity contribution in [3.05, 3.63) is 108 Å². The Morgan fingerprint density at radius 1 is 0.969 bits per heavy atom. The number of amides is 1. The van der Waals surface area contributed by atoms with Crippen LogP contribution in [0.1, 0.15) is 21.8 Å². The fourth-order valence-electron chi connectivity index (χ4n) is 3.58. The summed E-state index contributed by atoms with van der Waals surface area (Å²) in [4.78, 5) is 12.7. The van der Waals surface area contributed by atoms with Gasteiger partial charge in [-0.05, 0) is 59.7 Å². The van der Waals surface area contributed by atoms with Crippen molar-refractivity contribution in [2.24, 2.45) is 5.10 Å². The number of rotatable bonds is 5. The summed E-state index contributed by atoms with van der Waals surface area (Å²) >= 11 is 0. The minimum Gasteiger partial charge on any atom is -0.463 e. The van der Waals surface area contributed by atoms with Gasteiger partial charge in [-0.1, -0.05) is 48.5 Å². The second-order valence-electron chi connectivity index (χ2n) is 7.44. The first-order valence-electron chi connectivity index (χ1n) is 10.2. The van der Waals surface area contributed by atoms with Crippen LogP contribution in [0.15, 0.2) is 101 Å². The lowest BCUT2D eigenvalue weighted by atomic mass is 10.0. The molecule has 0 bridgehead atoms. The summed E-state index contributed by atoms with van der Waals surface area (Å²) in [6, 6.07) is 27.7. The van der Waals surface area contributed by atoms with Gasteiger partial charge in [0.05, 0.1) is 23.9 Å². The number of hydrogen-bond donors (Lipinski definition) is 1. The zero-order valence-corrected chi connectivity index (χ0v) is 17.4. The van der Waals surface area contributed by atoms with Crippen molar-refractivity contribution >= 4 is 22.9 Å². The fraction of sp³-hybridized carbons (Fsp3) is 0.0385. The lowest BCUT2D eigenvalue weighted by Crippen LogP contribution is -2.18. The van der Waals surface area contributed by atoms with Gasteiger partial charge in [-0.15, -0.1) is 0 Å². The minimum absolute atomic E-state index is 0.270. The maximum absolute atomic E-state index is 12.7. The smallest absolute Gasteiger partial charge is 0.291 e. The molecule has 0 saturated carbocycles. The third-order valence-electron chi connectivity index (χ3n) is 5.13. The first-order chi connectivity index (χ1) is 15.7. The third-order valence-corrected chi connectivity index (χ3v) is 5.13. The highest BCUT2D eigenvalue weighted by Crippen LogP contribution is 2.28. The molecule has 0 aliphatic carbocycles. The Hall–Kier alpha value is -4.45. The number of hydrogen-bond acceptors (Lipinski definition) is 4. The fourth-order valence-corrected chi connectivity index (χ4v) is 3.58. The number of carbonyl (C=O) groups excluding carboxylic acids is 1. The molecule has 1 amide bonds. The number of aromatic nitrogens is 2. The van der Waals surface area contributed by atoms with Gasteiger partial charge < -0.3 is 4.42 Å². The van der Waals surface area contributed by atoms with Crippen molar-refractivity contribution in [1.29, 1.82) is 0 Å². The summed E-state index contributed by atoms with van der Waals surface area (Å²) in [7, 11) is 0. The molecule has 1 N–H and O–H groups in total. The van der Waals surface area contributed by atoms with Gasteiger partial charge in [-0.25, -0.2) is 10.1 Å². The van der Waals surface area contributed by atoms with Crippen LogP contribution in [0.3, 0.4) is 0 Å². The molecule has 0 saturated heterocycles. The SMILES string of the molecule is Cc1cccc(-n2nc(C(=O)N/N=C\c3ccco3)cc2-c2ccc3ccccc3c2)c1. The van der Waals surface area contributed by atoms with Gasteiger partial charge >= 0.3 is 0 Å². The van der Waals surface area contributed by atoms with Crippen molar-refractivity contribution in [3.8, 4) is 16.9 Å². The topological polar surface area (TPSA) is 72.4 Å². The lowest BCUT2D eigenvalue weighted by Gasteiger charge is -2.09. The third kappa shape index (κ3) is 3.94. The van der Waals surface area contributed by atoms with Gasteiger partial charge in [0.1, 0.15) is 5.76 Å². The summed E-state index contributed by atoms with van der Waals surface area (Å²) in [5.41, 5.74) is 6.56. The van der Waals surface area contributed by atoms with E-state index in [4.69, 9.17) is 4.42 Å². The van der Waals surface area contributed by atoms with Crippen LogP contribution in [0.25, 0.3) is 27.7 Å². The zero-order valence-electron chi connectivity index (χ0n) is 17.4. The number of fused-ring (bicyclic) bond motifs is 1. The van der Waals surface area contributed by atoms with E-state index in [1.807, 2.05) is 49.4 Å². The Morgan fingerprint density at radius 3 is 2.66 bits per heavy atom. The van der Waals surface area contributed by atoms with E-state index >= 15 is 0 Å². The molecule has 156 valence electrons. The molecule has 2 aromatic heterocycles. The average molecular weight is 420 g/mol. The number of nitrogens with zero attached hydrogens (tertiary/aromatic N) is 3. The van der Waals surface area contributed by atoms with Gasteiger partial charge in [-0.3, -0.25) is 4.79 Å². The van der Waals surface area contributed by atoms with Gasteiger partial charge in [0.2, 0.25) is 0 Å². The van der Waals surface area contributed by atoms with Crippen LogP contribution in [0.4, 0.5) is 0 Å². The second-order valence-corrected chi connectivity index (χ2v) is 7.44. The predicted molar refractivity (Wildman–Crippen MR) is 125 cm³/mol. The molecule has 6 nitrogen and oxygen atoms in total. The van der Waals surface area contributed by atoms with Crippen LogP contribution in [0.2, 0.25) is 0 Å². The predicted octanol–water partition coefficient (Wildman–Crippen LogP) is 5.36. The number of hydrazone groups is 1. The first kappa shape index (κ1) is 19.5. The number of furan rings is 1. The van der Waals surface area contributed by atoms with Crippen molar-refractivity contribution in [3.63, 3.8) is 0 Å². The Balaban J connectivity index is 1.55. The first-order valence-corrected chi connectivity index (χ1v) is 10.2. The Bertz CT molecular complexity index is 1430. The summed E-state index contributed by atoms with van der Waals surface area (Å²) < 4.78 is 6.98. The maximum Gasteiger partial charge on any atom is 0.291 e. The van der Waals surface area contributed by atoms with Crippen molar-refractivity contribution in [2.45, 2.75) is 6.92 Å². The van der Waals surface area contributed by atoms with Crippen LogP contribution in [0, 0.1) is 6.92 Å². The molecule has 2 heterocycles. The van der Waals surface area contributed by atoms with E-state index in [9.17, 15) is 4.79 Å². The average Bonchev–Trinajstić information content (AvgIpc) is 3.49. The Morgan fingerprint density at radius 2 is 1.84 bits per heavy atom. The largest absolute Gasteiger partial charge is 0.463 e. The van der Waals surface area contributed by atoms with Gasteiger partial charge in [0.25, 0.3) is 5.91 Å². The van der Waals surface area contributed by atoms with Crippen LogP contribution in [0.5, 0.6) is 0 Å². The van der Waals surface area contributed by atoms with Crippen LogP contribution in [-0.2, 0) is 0 Å². The molecule has 0 spiro atoms. The van der Waals surface area contributed by atoms with E-state index in [0.717, 1.165) is 33.3 Å². The van der Waals surface area contributed by atoms with Crippen LogP contribution < -0.4 is 5.43 Å². The molecule has 0 atom stereocenters. The van der Waals surface area contributed by atoms with E-state index in [1.165, 1.54) is 6.21 Å². The van der Waals surface area contributed by atoms with E-state index in [0.29, 0.717) is 5.76 Å². The maximum atomic E-state index is 12.7. The molecular weight excluding hydrogens is 400 g/mol. The molecule has 5 aromatic rings. The molecule has 32 heavy (non-hydrogen) atoms. The summed E-state index contributed by atoms with van der Waals surface area (Å²) in [6.45, 7) is 2.03. The van der Waals surface area contributed by atoms with Gasteiger partial charge in [0.15, 0.2) is 5.69 Å². The minimum atomic E-state index is -0.402. The number of carbonyl (C=O) groups is 1. The molecule has 3 aromatic carbocycles. The Labute approximate surface area is 184 Å². The van der Waals surface area contributed by atoms with Crippen molar-refractivity contribution in [2.75, 3.05) is 0 Å². The number of benzene rings is 3. The molecule has 0 unspecified atom stereocenters. The van der Waals surface area contributed by atoms with E-state index in [1.54, 1.807) is 29.1 Å².